The van der Waals surface area contributed by atoms with Gasteiger partial charge in [0.25, 0.3) is 0 Å². The maximum atomic E-state index is 6.78. The third-order valence-electron chi connectivity index (χ3n) is 8.15. The zero-order valence-electron chi connectivity index (χ0n) is 17.4. The van der Waals surface area contributed by atoms with E-state index in [2.05, 4.69) is 18.0 Å². The molecule has 4 atom stereocenters. The van der Waals surface area contributed by atoms with Crippen LogP contribution in [-0.4, -0.2) is 76.3 Å². The van der Waals surface area contributed by atoms with E-state index < -0.39 is 5.79 Å². The third-order valence-corrected chi connectivity index (χ3v) is 8.15. The molecule has 0 N–H and O–H groups in total. The molecule has 29 heavy (non-hydrogen) atoms. The Bertz CT molecular complexity index is 839. The molecule has 1 aromatic rings. The molecule has 2 aliphatic carbocycles. The van der Waals surface area contributed by atoms with Gasteiger partial charge in [0.1, 0.15) is 0 Å². The number of hydrogen-bond donors (Lipinski definition) is 0. The van der Waals surface area contributed by atoms with Crippen molar-refractivity contribution in [2.24, 2.45) is 0 Å². The van der Waals surface area contributed by atoms with Crippen LogP contribution < -0.4 is 9.47 Å². The Kier molecular flexibility index (Phi) is 3.85. The van der Waals surface area contributed by atoms with Crippen LogP contribution in [0.15, 0.2) is 12.1 Å². The zero-order chi connectivity index (χ0) is 19.9. The van der Waals surface area contributed by atoms with E-state index in [4.69, 9.17) is 28.4 Å². The minimum Gasteiger partial charge on any atom is -0.479 e. The van der Waals surface area contributed by atoms with Crippen LogP contribution in [0, 0.1) is 0 Å². The first-order valence-corrected chi connectivity index (χ1v) is 10.6. The van der Waals surface area contributed by atoms with Gasteiger partial charge in [-0.1, -0.05) is 6.07 Å². The Balaban J connectivity index is 1.61. The molecule has 7 nitrogen and oxygen atoms in total. The van der Waals surface area contributed by atoms with Crippen LogP contribution in [0.25, 0.3) is 0 Å². The summed E-state index contributed by atoms with van der Waals surface area (Å²) in [4.78, 5) is 2.47. The number of likely N-dealkylation sites (tertiary alicyclic amines) is 1. The van der Waals surface area contributed by atoms with Gasteiger partial charge in [0.05, 0.1) is 24.2 Å². The molecule has 1 saturated carbocycles. The van der Waals surface area contributed by atoms with Crippen molar-refractivity contribution >= 4 is 0 Å². The fourth-order valence-electron chi connectivity index (χ4n) is 7.09. The average molecular weight is 403 g/mol. The molecular formula is C22H29NO6. The molecule has 3 aliphatic heterocycles. The number of nitrogens with zero attached hydrogens (tertiary/aromatic N) is 1. The Hall–Kier alpha value is -1.38. The zero-order valence-corrected chi connectivity index (χ0v) is 17.4. The summed E-state index contributed by atoms with van der Waals surface area (Å²) in [6.45, 7) is 2.39. The second kappa shape index (κ2) is 6.08. The number of likely N-dealkylation sites (N-methyl/N-ethyl adjacent to an activating group) is 1. The largest absolute Gasteiger partial charge is 0.479 e. The van der Waals surface area contributed by atoms with E-state index in [9.17, 15) is 0 Å². The van der Waals surface area contributed by atoms with Gasteiger partial charge >= 0.3 is 0 Å². The number of methoxy groups -OCH3 is 2. The number of ether oxygens (including phenoxy) is 6. The first kappa shape index (κ1) is 18.4. The number of fused-ring (bicyclic) bond motifs is 1. The van der Waals surface area contributed by atoms with Gasteiger partial charge in [-0.25, -0.2) is 0 Å². The van der Waals surface area contributed by atoms with Gasteiger partial charge in [-0.15, -0.1) is 0 Å². The van der Waals surface area contributed by atoms with Crippen molar-refractivity contribution in [1.29, 1.82) is 0 Å². The summed E-state index contributed by atoms with van der Waals surface area (Å²) in [7, 11) is 5.72. The standard InChI is InChI=1S/C22H29NO6/c1-23-9-8-20-17-14-4-5-15(26-13-24-2)18(17)29-19(20)22(27-10-11-28-22)7-6-21(20,25-3)16(23)12-14/h4-5,16,19H,6-13H2,1-3H3/t16?,19-,20+,21-/m1/s1. The van der Waals surface area contributed by atoms with E-state index in [-0.39, 0.29) is 23.9 Å². The second-order valence-corrected chi connectivity index (χ2v) is 9.00. The second-order valence-electron chi connectivity index (χ2n) is 9.00. The molecule has 2 bridgehead atoms. The molecule has 2 saturated heterocycles. The summed E-state index contributed by atoms with van der Waals surface area (Å²) in [6.07, 6.45) is 3.31. The van der Waals surface area contributed by atoms with Gasteiger partial charge in [0.15, 0.2) is 24.4 Å². The summed E-state index contributed by atoms with van der Waals surface area (Å²) >= 11 is 0. The van der Waals surface area contributed by atoms with Crippen LogP contribution in [0.1, 0.15) is 30.4 Å². The lowest BCUT2D eigenvalue weighted by molar-refractivity contribution is -0.300. The fraction of sp³-hybridized carbons (Fsp3) is 0.727. The molecule has 1 unspecified atom stereocenters. The lowest BCUT2D eigenvalue weighted by Gasteiger charge is -2.66. The van der Waals surface area contributed by atoms with Gasteiger partial charge in [-0.2, -0.15) is 0 Å². The van der Waals surface area contributed by atoms with Gasteiger partial charge < -0.3 is 33.3 Å². The summed E-state index contributed by atoms with van der Waals surface area (Å²) in [5.74, 6) is 0.841. The molecule has 0 amide bonds. The highest BCUT2D eigenvalue weighted by atomic mass is 16.8. The fourth-order valence-corrected chi connectivity index (χ4v) is 7.09. The summed E-state index contributed by atoms with van der Waals surface area (Å²) in [5.41, 5.74) is 1.94. The van der Waals surface area contributed by atoms with E-state index in [0.717, 1.165) is 43.7 Å². The Morgan fingerprint density at radius 3 is 2.72 bits per heavy atom. The summed E-state index contributed by atoms with van der Waals surface area (Å²) in [5, 5.41) is 0. The SMILES string of the molecule is COCOc1ccc2c3c1O[C@H]1C4(CC[C@@]5(OC)C(C2)N(C)CC[C@]315)OCCO4. The molecule has 2 spiro atoms. The number of benzene rings is 1. The molecular weight excluding hydrogens is 374 g/mol. The number of piperidine rings is 1. The minimum atomic E-state index is -0.714. The van der Waals surface area contributed by atoms with Crippen molar-refractivity contribution < 1.29 is 28.4 Å². The number of hydrogen-bond acceptors (Lipinski definition) is 7. The van der Waals surface area contributed by atoms with Crippen molar-refractivity contribution in [2.75, 3.05) is 47.8 Å². The van der Waals surface area contributed by atoms with E-state index in [1.165, 1.54) is 11.1 Å². The van der Waals surface area contributed by atoms with Gasteiger partial charge in [-0.3, -0.25) is 0 Å². The molecule has 3 heterocycles. The van der Waals surface area contributed by atoms with Gasteiger partial charge in [0, 0.05) is 32.2 Å². The van der Waals surface area contributed by atoms with E-state index in [1.807, 2.05) is 13.2 Å². The highest BCUT2D eigenvalue weighted by Crippen LogP contribution is 2.68. The minimum absolute atomic E-state index is 0.186. The highest BCUT2D eigenvalue weighted by molar-refractivity contribution is 5.63. The lowest BCUT2D eigenvalue weighted by Crippen LogP contribution is -2.79. The van der Waals surface area contributed by atoms with Crippen molar-refractivity contribution in [3.05, 3.63) is 23.3 Å². The normalized spacial score (nSPS) is 38.7. The van der Waals surface area contributed by atoms with Crippen LogP contribution in [0.4, 0.5) is 0 Å². The molecule has 5 aliphatic rings. The molecule has 3 fully saturated rings. The van der Waals surface area contributed by atoms with Gasteiger partial charge in [0.2, 0.25) is 5.79 Å². The molecule has 7 heteroatoms. The van der Waals surface area contributed by atoms with E-state index in [1.54, 1.807) is 7.11 Å². The lowest BCUT2D eigenvalue weighted by atomic mass is 9.48. The maximum Gasteiger partial charge on any atom is 0.207 e. The smallest absolute Gasteiger partial charge is 0.207 e. The van der Waals surface area contributed by atoms with Crippen LogP contribution >= 0.6 is 0 Å². The predicted molar refractivity (Wildman–Crippen MR) is 103 cm³/mol. The monoisotopic (exact) mass is 403 g/mol. The van der Waals surface area contributed by atoms with Crippen LogP contribution in [0.3, 0.4) is 0 Å². The van der Waals surface area contributed by atoms with Crippen LogP contribution in [-0.2, 0) is 30.8 Å². The quantitative estimate of drug-likeness (QED) is 0.711. The molecule has 0 aromatic heterocycles. The highest BCUT2D eigenvalue weighted by Gasteiger charge is 2.77. The molecule has 158 valence electrons. The Labute approximate surface area is 171 Å². The average Bonchev–Trinajstić information content (AvgIpc) is 3.35. The maximum absolute atomic E-state index is 6.78. The number of rotatable bonds is 4. The van der Waals surface area contributed by atoms with Crippen molar-refractivity contribution in [1.82, 2.24) is 4.90 Å². The predicted octanol–water partition coefficient (Wildman–Crippen LogP) is 1.85. The van der Waals surface area contributed by atoms with E-state index in [0.29, 0.717) is 19.3 Å². The summed E-state index contributed by atoms with van der Waals surface area (Å²) < 4.78 is 36.9. The third kappa shape index (κ3) is 2.01. The Morgan fingerprint density at radius 2 is 1.97 bits per heavy atom. The van der Waals surface area contributed by atoms with Crippen molar-refractivity contribution in [3.8, 4) is 11.5 Å². The van der Waals surface area contributed by atoms with E-state index >= 15 is 0 Å². The first-order chi connectivity index (χ1) is 14.1. The summed E-state index contributed by atoms with van der Waals surface area (Å²) in [6, 6.07) is 4.51. The topological polar surface area (TPSA) is 58.6 Å². The molecule has 1 aromatic carbocycles. The van der Waals surface area contributed by atoms with Gasteiger partial charge in [-0.05, 0) is 44.5 Å². The Morgan fingerprint density at radius 1 is 1.14 bits per heavy atom. The molecule has 6 rings (SSSR count). The van der Waals surface area contributed by atoms with Crippen molar-refractivity contribution in [2.45, 2.75) is 54.6 Å². The molecule has 0 radical (unpaired) electrons. The van der Waals surface area contributed by atoms with Crippen LogP contribution in [0.5, 0.6) is 11.5 Å². The van der Waals surface area contributed by atoms with Crippen molar-refractivity contribution in [3.63, 3.8) is 0 Å². The first-order valence-electron chi connectivity index (χ1n) is 10.6. The van der Waals surface area contributed by atoms with Crippen LogP contribution in [0.2, 0.25) is 0 Å².